The van der Waals surface area contributed by atoms with Crippen molar-refractivity contribution < 1.29 is 9.59 Å². The molecule has 0 unspecified atom stereocenters. The fraction of sp³-hybridized carbons (Fsp3) is 0.444. The molecule has 2 atom stereocenters. The number of amides is 2. The molecule has 1 fully saturated rings. The summed E-state index contributed by atoms with van der Waals surface area (Å²) in [5.74, 6) is 0.571. The first-order valence-electron chi connectivity index (χ1n) is 11.8. The number of carbonyl (C=O) groups is 2. The first kappa shape index (κ1) is 27.6. The van der Waals surface area contributed by atoms with Crippen LogP contribution in [0.25, 0.3) is 0 Å². The van der Waals surface area contributed by atoms with E-state index in [1.807, 2.05) is 43.9 Å². The topological polar surface area (TPSA) is 85.3 Å². The summed E-state index contributed by atoms with van der Waals surface area (Å²) < 4.78 is 0. The number of benzene rings is 2. The van der Waals surface area contributed by atoms with Gasteiger partial charge in [-0.15, -0.1) is 17.0 Å². The van der Waals surface area contributed by atoms with Crippen LogP contribution in [-0.2, 0) is 11.2 Å². The lowest BCUT2D eigenvalue weighted by Crippen LogP contribution is -2.41. The number of carbonyl (C=O) groups excluding carboxylic acids is 2. The number of hydrogen-bond acceptors (Lipinski definition) is 3. The van der Waals surface area contributed by atoms with E-state index < -0.39 is 0 Å². The second kappa shape index (κ2) is 12.2. The van der Waals surface area contributed by atoms with Gasteiger partial charge in [-0.3, -0.25) is 15.0 Å². The first-order chi connectivity index (χ1) is 15.7. The molecule has 0 saturated carbocycles. The SMILES string of the molecule is Br.CCC[C@H]1CN(CC(=O)Nc2ccccc2C(=O)NC(C)(C)C)C(=N)[C@@H]1Cc1ccccc1. The number of anilines is 1. The van der Waals surface area contributed by atoms with E-state index in [0.717, 1.165) is 19.3 Å². The van der Waals surface area contributed by atoms with Gasteiger partial charge in [0.25, 0.3) is 5.91 Å². The molecule has 184 valence electrons. The van der Waals surface area contributed by atoms with Crippen LogP contribution < -0.4 is 10.6 Å². The van der Waals surface area contributed by atoms with Crippen LogP contribution in [0.3, 0.4) is 0 Å². The van der Waals surface area contributed by atoms with Gasteiger partial charge in [0.05, 0.1) is 17.8 Å². The average molecular weight is 530 g/mol. The molecular weight excluding hydrogens is 492 g/mol. The van der Waals surface area contributed by atoms with E-state index >= 15 is 0 Å². The summed E-state index contributed by atoms with van der Waals surface area (Å²) in [5.41, 5.74) is 1.77. The summed E-state index contributed by atoms with van der Waals surface area (Å²) >= 11 is 0. The van der Waals surface area contributed by atoms with Crippen molar-refractivity contribution in [3.63, 3.8) is 0 Å². The van der Waals surface area contributed by atoms with Crippen molar-refractivity contribution in [2.24, 2.45) is 11.8 Å². The number of rotatable bonds is 8. The van der Waals surface area contributed by atoms with Crippen molar-refractivity contribution in [1.29, 1.82) is 5.41 Å². The van der Waals surface area contributed by atoms with Crippen LogP contribution in [0.1, 0.15) is 56.5 Å². The summed E-state index contributed by atoms with van der Waals surface area (Å²) in [4.78, 5) is 27.5. The molecule has 0 radical (unpaired) electrons. The molecule has 0 spiro atoms. The summed E-state index contributed by atoms with van der Waals surface area (Å²) in [6.07, 6.45) is 2.91. The molecule has 1 aliphatic heterocycles. The minimum absolute atomic E-state index is 0. The van der Waals surface area contributed by atoms with E-state index in [1.54, 1.807) is 24.3 Å². The summed E-state index contributed by atoms with van der Waals surface area (Å²) in [6, 6.07) is 17.3. The highest BCUT2D eigenvalue weighted by molar-refractivity contribution is 8.93. The molecule has 1 heterocycles. The first-order valence-corrected chi connectivity index (χ1v) is 11.8. The van der Waals surface area contributed by atoms with Gasteiger partial charge in [-0.1, -0.05) is 55.8 Å². The molecule has 0 aliphatic carbocycles. The van der Waals surface area contributed by atoms with Crippen LogP contribution in [0.4, 0.5) is 5.69 Å². The van der Waals surface area contributed by atoms with Crippen LogP contribution in [0, 0.1) is 17.2 Å². The Kier molecular flexibility index (Phi) is 9.86. The number of likely N-dealkylation sites (tertiary alicyclic amines) is 1. The van der Waals surface area contributed by atoms with E-state index in [1.165, 1.54) is 5.56 Å². The Morgan fingerprint density at radius 3 is 2.35 bits per heavy atom. The zero-order chi connectivity index (χ0) is 24.0. The van der Waals surface area contributed by atoms with Gasteiger partial charge in [-0.25, -0.2) is 0 Å². The van der Waals surface area contributed by atoms with Gasteiger partial charge in [-0.05, 0) is 57.2 Å². The Morgan fingerprint density at radius 1 is 1.06 bits per heavy atom. The molecule has 7 heteroatoms. The molecule has 1 aliphatic rings. The molecular formula is C27H37BrN4O2. The third-order valence-corrected chi connectivity index (χ3v) is 5.94. The Hall–Kier alpha value is -2.67. The monoisotopic (exact) mass is 528 g/mol. The number of para-hydroxylation sites is 1. The third kappa shape index (κ3) is 7.42. The maximum Gasteiger partial charge on any atom is 0.253 e. The standard InChI is InChI=1S/C27H36N4O2.BrH/c1-5-11-20-17-31(25(28)22(20)16-19-12-7-6-8-13-19)18-24(32)29-23-15-10-9-14-21(23)26(33)30-27(2,3)4;/h6-10,12-15,20,22,28H,5,11,16-18H2,1-4H3,(H,29,32)(H,30,33);1H/t20-,22+;/m0./s1. The highest BCUT2D eigenvalue weighted by Gasteiger charge is 2.37. The maximum atomic E-state index is 12.9. The average Bonchev–Trinajstić information content (AvgIpc) is 3.02. The van der Waals surface area contributed by atoms with Gasteiger partial charge in [0.2, 0.25) is 5.91 Å². The summed E-state index contributed by atoms with van der Waals surface area (Å²) in [6.45, 7) is 8.75. The van der Waals surface area contributed by atoms with E-state index in [2.05, 4.69) is 29.7 Å². The zero-order valence-corrected chi connectivity index (χ0v) is 22.3. The van der Waals surface area contributed by atoms with Crippen molar-refractivity contribution >= 4 is 40.3 Å². The Balaban J connectivity index is 0.00000408. The largest absolute Gasteiger partial charge is 0.351 e. The van der Waals surface area contributed by atoms with Crippen molar-refractivity contribution in [2.45, 2.75) is 52.5 Å². The molecule has 34 heavy (non-hydrogen) atoms. The number of nitrogens with zero attached hydrogens (tertiary/aromatic N) is 1. The van der Waals surface area contributed by atoms with E-state index in [0.29, 0.717) is 29.5 Å². The fourth-order valence-corrected chi connectivity index (χ4v) is 4.47. The maximum absolute atomic E-state index is 12.9. The smallest absolute Gasteiger partial charge is 0.253 e. The predicted molar refractivity (Wildman–Crippen MR) is 144 cm³/mol. The van der Waals surface area contributed by atoms with Gasteiger partial charge in [0, 0.05) is 18.0 Å². The number of amidine groups is 1. The highest BCUT2D eigenvalue weighted by Crippen LogP contribution is 2.31. The molecule has 0 aromatic heterocycles. The lowest BCUT2D eigenvalue weighted by atomic mass is 9.86. The van der Waals surface area contributed by atoms with Crippen LogP contribution in [0.2, 0.25) is 0 Å². The van der Waals surface area contributed by atoms with Crippen LogP contribution in [-0.4, -0.2) is 41.2 Å². The molecule has 1 saturated heterocycles. The van der Waals surface area contributed by atoms with Crippen molar-refractivity contribution in [3.8, 4) is 0 Å². The van der Waals surface area contributed by atoms with Gasteiger partial charge in [0.15, 0.2) is 0 Å². The van der Waals surface area contributed by atoms with Crippen LogP contribution >= 0.6 is 17.0 Å². The minimum Gasteiger partial charge on any atom is -0.351 e. The van der Waals surface area contributed by atoms with Gasteiger partial charge in [-0.2, -0.15) is 0 Å². The van der Waals surface area contributed by atoms with E-state index in [4.69, 9.17) is 5.41 Å². The number of halogens is 1. The fourth-order valence-electron chi connectivity index (χ4n) is 4.47. The number of hydrogen-bond donors (Lipinski definition) is 3. The Bertz CT molecular complexity index is 988. The molecule has 6 nitrogen and oxygen atoms in total. The minimum atomic E-state index is -0.374. The number of nitrogens with one attached hydrogen (secondary N) is 3. The van der Waals surface area contributed by atoms with E-state index in [-0.39, 0.29) is 46.8 Å². The second-order valence-corrected chi connectivity index (χ2v) is 9.91. The van der Waals surface area contributed by atoms with E-state index in [9.17, 15) is 9.59 Å². The zero-order valence-electron chi connectivity index (χ0n) is 20.6. The Morgan fingerprint density at radius 2 is 1.71 bits per heavy atom. The van der Waals surface area contributed by atoms with Crippen molar-refractivity contribution in [1.82, 2.24) is 10.2 Å². The van der Waals surface area contributed by atoms with Crippen molar-refractivity contribution in [2.75, 3.05) is 18.4 Å². The second-order valence-electron chi connectivity index (χ2n) is 9.91. The highest BCUT2D eigenvalue weighted by atomic mass is 79.9. The molecule has 0 bridgehead atoms. The van der Waals surface area contributed by atoms with Crippen molar-refractivity contribution in [3.05, 3.63) is 65.7 Å². The normalized spacial score (nSPS) is 17.8. The van der Waals surface area contributed by atoms with Gasteiger partial charge < -0.3 is 15.5 Å². The summed E-state index contributed by atoms with van der Waals surface area (Å²) in [7, 11) is 0. The van der Waals surface area contributed by atoms with Gasteiger partial charge >= 0.3 is 0 Å². The molecule has 3 N–H and O–H groups in total. The molecule has 2 amide bonds. The van der Waals surface area contributed by atoms with Gasteiger partial charge in [0.1, 0.15) is 5.84 Å². The quantitative estimate of drug-likeness (QED) is 0.434. The van der Waals surface area contributed by atoms with Crippen LogP contribution in [0.15, 0.2) is 54.6 Å². The third-order valence-electron chi connectivity index (χ3n) is 5.94. The lowest BCUT2D eigenvalue weighted by molar-refractivity contribution is -0.116. The van der Waals surface area contributed by atoms with Crippen LogP contribution in [0.5, 0.6) is 0 Å². The molecule has 2 aromatic rings. The summed E-state index contributed by atoms with van der Waals surface area (Å²) in [5, 5.41) is 14.6. The molecule has 2 aromatic carbocycles. The molecule has 3 rings (SSSR count). The predicted octanol–water partition coefficient (Wildman–Crippen LogP) is 5.30. The lowest BCUT2D eigenvalue weighted by Gasteiger charge is -2.22. The Labute approximate surface area is 213 Å².